The minimum atomic E-state index is -0.155. The molecular weight excluding hydrogens is 492 g/mol. The summed E-state index contributed by atoms with van der Waals surface area (Å²) in [6.45, 7) is 8.46. The van der Waals surface area contributed by atoms with Gasteiger partial charge in [-0.2, -0.15) is 0 Å². The van der Waals surface area contributed by atoms with Gasteiger partial charge in [-0.1, -0.05) is 71.3 Å². The van der Waals surface area contributed by atoms with Crippen molar-refractivity contribution >= 4 is 5.78 Å². The predicted octanol–water partition coefficient (Wildman–Crippen LogP) is 10.8. The van der Waals surface area contributed by atoms with E-state index in [1.165, 1.54) is 128 Å². The van der Waals surface area contributed by atoms with Gasteiger partial charge < -0.3 is 0 Å². The van der Waals surface area contributed by atoms with Crippen LogP contribution in [0.2, 0.25) is 0 Å². The Bertz CT molecular complexity index is 722. The van der Waals surface area contributed by atoms with E-state index < -0.39 is 0 Å². The monoisotopic (exact) mass is 556 g/mol. The van der Waals surface area contributed by atoms with Crippen LogP contribution in [0.4, 0.5) is 0 Å². The van der Waals surface area contributed by atoms with E-state index in [1.54, 1.807) is 6.08 Å². The lowest BCUT2D eigenvalue weighted by atomic mass is 9.60. The first kappa shape index (κ1) is 32.2. The number of ketones is 1. The Labute approximate surface area is 247 Å². The second-order valence-electron chi connectivity index (χ2n) is 15.0. The fraction of sp³-hybridized carbons (Fsp3) is 0.919. The van der Waals surface area contributed by atoms with Crippen LogP contribution in [0.5, 0.6) is 0 Å². The summed E-state index contributed by atoms with van der Waals surface area (Å²) in [5.41, 5.74) is 0. The molecule has 40 heavy (non-hydrogen) atoms. The zero-order valence-electron chi connectivity index (χ0n) is 26.4. The van der Waals surface area contributed by atoms with Crippen LogP contribution in [0.25, 0.3) is 0 Å². The van der Waals surface area contributed by atoms with Crippen molar-refractivity contribution < 1.29 is 14.9 Å². The van der Waals surface area contributed by atoms with E-state index in [2.05, 4.69) is 25.3 Å². The molecule has 0 saturated heterocycles. The van der Waals surface area contributed by atoms with Gasteiger partial charge >= 0.3 is 0 Å². The average Bonchev–Trinajstić information content (AvgIpc) is 2.99. The molecule has 5 unspecified atom stereocenters. The zero-order chi connectivity index (χ0) is 28.3. The van der Waals surface area contributed by atoms with Crippen LogP contribution in [-0.4, -0.2) is 17.1 Å². The molecule has 3 nitrogen and oxygen atoms in total. The van der Waals surface area contributed by atoms with Crippen LogP contribution in [0.15, 0.2) is 12.7 Å². The Morgan fingerprint density at radius 1 is 0.675 bits per heavy atom. The molecule has 5 fully saturated rings. The van der Waals surface area contributed by atoms with E-state index >= 15 is 0 Å². The maximum atomic E-state index is 11.2. The van der Waals surface area contributed by atoms with Crippen molar-refractivity contribution in [2.75, 3.05) is 0 Å². The smallest absolute Gasteiger partial charge is 0.132 e. The second kappa shape index (κ2) is 16.8. The molecule has 0 aliphatic heterocycles. The summed E-state index contributed by atoms with van der Waals surface area (Å²) in [4.78, 5) is 15.9. The molecule has 0 spiro atoms. The van der Waals surface area contributed by atoms with Crippen LogP contribution in [0, 0.1) is 53.3 Å². The molecule has 0 aromatic heterocycles. The maximum Gasteiger partial charge on any atom is 0.132 e. The summed E-state index contributed by atoms with van der Waals surface area (Å²) in [6.07, 6.45) is 31.3. The van der Waals surface area contributed by atoms with Gasteiger partial charge in [0, 0.05) is 12.8 Å². The summed E-state index contributed by atoms with van der Waals surface area (Å²) in [6, 6.07) is 0. The van der Waals surface area contributed by atoms with Gasteiger partial charge in [-0.25, -0.2) is 4.89 Å². The molecule has 5 aliphatic carbocycles. The lowest BCUT2D eigenvalue weighted by Gasteiger charge is -2.46. The van der Waals surface area contributed by atoms with E-state index in [-0.39, 0.29) is 6.10 Å². The Hall–Kier alpha value is -0.670. The Morgan fingerprint density at radius 2 is 1.10 bits per heavy atom. The minimum absolute atomic E-state index is 0.155. The molecule has 5 rings (SSSR count). The van der Waals surface area contributed by atoms with E-state index in [0.717, 1.165) is 60.2 Å². The number of rotatable bonds is 9. The predicted molar refractivity (Wildman–Crippen MR) is 167 cm³/mol. The van der Waals surface area contributed by atoms with Crippen LogP contribution in [0.1, 0.15) is 155 Å². The summed E-state index contributed by atoms with van der Waals surface area (Å²) in [5, 5.41) is 9.07. The lowest BCUT2D eigenvalue weighted by Crippen LogP contribution is -2.37. The number of carbonyl (C=O) groups is 1. The highest BCUT2D eigenvalue weighted by atomic mass is 17.1. The van der Waals surface area contributed by atoms with Gasteiger partial charge in [-0.3, -0.25) is 10.1 Å². The maximum absolute atomic E-state index is 11.2. The van der Waals surface area contributed by atoms with Crippen molar-refractivity contribution in [2.45, 2.75) is 161 Å². The molecule has 5 atom stereocenters. The highest BCUT2D eigenvalue weighted by molar-refractivity contribution is 5.79. The second-order valence-corrected chi connectivity index (χ2v) is 15.0. The van der Waals surface area contributed by atoms with Crippen molar-refractivity contribution in [3.63, 3.8) is 0 Å². The van der Waals surface area contributed by atoms with Crippen LogP contribution in [-0.2, 0) is 9.68 Å². The van der Waals surface area contributed by atoms with Crippen molar-refractivity contribution in [2.24, 2.45) is 53.3 Å². The zero-order valence-corrected chi connectivity index (χ0v) is 26.4. The summed E-state index contributed by atoms with van der Waals surface area (Å²) in [7, 11) is 0. The molecule has 0 amide bonds. The molecule has 230 valence electrons. The van der Waals surface area contributed by atoms with Crippen molar-refractivity contribution in [1.82, 2.24) is 0 Å². The van der Waals surface area contributed by atoms with Crippen LogP contribution < -0.4 is 0 Å². The fourth-order valence-corrected chi connectivity index (χ4v) is 10.2. The molecule has 0 aromatic carbocycles. The third-order valence-corrected chi connectivity index (χ3v) is 12.6. The molecule has 0 radical (unpaired) electrons. The largest absolute Gasteiger partial charge is 0.300 e. The van der Waals surface area contributed by atoms with E-state index in [9.17, 15) is 4.79 Å². The van der Waals surface area contributed by atoms with Gasteiger partial charge in [0.05, 0.1) is 0 Å². The molecule has 3 heteroatoms. The van der Waals surface area contributed by atoms with Crippen molar-refractivity contribution in [3.8, 4) is 0 Å². The molecule has 0 heterocycles. The van der Waals surface area contributed by atoms with Crippen molar-refractivity contribution in [3.05, 3.63) is 12.7 Å². The van der Waals surface area contributed by atoms with Gasteiger partial charge in [-0.05, 0) is 130 Å². The van der Waals surface area contributed by atoms with Gasteiger partial charge in [0.25, 0.3) is 0 Å². The molecule has 0 aromatic rings. The normalized spacial score (nSPS) is 38.0. The van der Waals surface area contributed by atoms with Gasteiger partial charge in [0.1, 0.15) is 11.9 Å². The van der Waals surface area contributed by atoms with Gasteiger partial charge in [0.2, 0.25) is 0 Å². The molecule has 5 aliphatic rings. The summed E-state index contributed by atoms with van der Waals surface area (Å²) < 4.78 is 0. The third kappa shape index (κ3) is 9.16. The number of fused-ring (bicyclic) bond motifs is 1. The van der Waals surface area contributed by atoms with Gasteiger partial charge in [-0.15, -0.1) is 6.58 Å². The molecule has 0 bridgehead atoms. The molecule has 1 N–H and O–H groups in total. The third-order valence-electron chi connectivity index (χ3n) is 12.6. The highest BCUT2D eigenvalue weighted by Gasteiger charge is 2.40. The van der Waals surface area contributed by atoms with Gasteiger partial charge in [0.15, 0.2) is 0 Å². The van der Waals surface area contributed by atoms with E-state index in [4.69, 9.17) is 5.26 Å². The Kier molecular flexibility index (Phi) is 13.6. The molecule has 5 saturated carbocycles. The van der Waals surface area contributed by atoms with E-state index in [0.29, 0.717) is 11.7 Å². The number of hydrogen-bond donors (Lipinski definition) is 1. The lowest BCUT2D eigenvalue weighted by molar-refractivity contribution is -0.280. The Morgan fingerprint density at radius 3 is 1.60 bits per heavy atom. The van der Waals surface area contributed by atoms with Crippen LogP contribution >= 0.6 is 0 Å². The Balaban J connectivity index is 0.000000201. The fourth-order valence-electron chi connectivity index (χ4n) is 10.2. The number of Topliss-reactive ketones (excluding diaryl/α,β-unsaturated/α-hetero) is 1. The van der Waals surface area contributed by atoms with E-state index in [1.807, 2.05) is 0 Å². The quantitative estimate of drug-likeness (QED) is 0.174. The number of carbonyl (C=O) groups excluding carboxylic acids is 1. The first-order valence-corrected chi connectivity index (χ1v) is 18.0. The average molecular weight is 557 g/mol. The number of hydrogen-bond acceptors (Lipinski definition) is 3. The minimum Gasteiger partial charge on any atom is -0.300 e. The van der Waals surface area contributed by atoms with Crippen molar-refractivity contribution in [1.29, 1.82) is 0 Å². The topological polar surface area (TPSA) is 46.5 Å². The highest BCUT2D eigenvalue weighted by Crippen LogP contribution is 2.50. The first-order chi connectivity index (χ1) is 19.5. The molecular formula is C37H64O3. The summed E-state index contributed by atoms with van der Waals surface area (Å²) in [5.74, 6) is 8.74. The van der Waals surface area contributed by atoms with Crippen LogP contribution in [0.3, 0.4) is 0 Å². The SMILES string of the molecule is C=CC(OO)C1CCC2CC(C3CCC(CCC)CC3)CCC2C1.CCCC1CCC(C2CCC(=O)CC2)CC1. The standard InChI is InChI=1S/C22H38O2.C15H26O/c1-3-5-16-6-8-17(9-7-16)18-10-11-20-15-21(22(4-2)24-23)13-12-19(20)14-18;1-2-3-12-4-6-13(7-5-12)14-8-10-15(16)11-9-14/h4,16-23H,2-3,5-15H2,1H3;12-14H,2-11H2,1H3. The first-order valence-electron chi connectivity index (χ1n) is 18.0. The summed E-state index contributed by atoms with van der Waals surface area (Å²) >= 11 is 0.